The molecule has 3 aliphatic heterocycles. The van der Waals surface area contributed by atoms with E-state index in [1.807, 2.05) is 6.20 Å². The average Bonchev–Trinajstić information content (AvgIpc) is 2.41. The fourth-order valence-electron chi connectivity index (χ4n) is 1.71. The maximum Gasteiger partial charge on any atom is 0.223 e. The van der Waals surface area contributed by atoms with Crippen molar-refractivity contribution in [2.24, 2.45) is 9.98 Å². The van der Waals surface area contributed by atoms with Gasteiger partial charge in [-0.25, -0.2) is 0 Å². The van der Waals surface area contributed by atoms with Crippen LogP contribution in [0.3, 0.4) is 0 Å². The minimum atomic E-state index is 0.134. The van der Waals surface area contributed by atoms with E-state index >= 15 is 0 Å². The molecule has 1 saturated heterocycles. The van der Waals surface area contributed by atoms with Crippen LogP contribution in [-0.4, -0.2) is 34.5 Å². The lowest BCUT2D eigenvalue weighted by Crippen LogP contribution is -2.38. The Bertz CT molecular complexity index is 392. The van der Waals surface area contributed by atoms with Crippen LogP contribution in [-0.2, 0) is 0 Å². The minimum absolute atomic E-state index is 0.134. The van der Waals surface area contributed by atoms with Gasteiger partial charge < -0.3 is 4.90 Å². The summed E-state index contributed by atoms with van der Waals surface area (Å²) in [5.41, 5.74) is 0.953. The molecular formula is C9H10ClN4+. The number of halogens is 1. The first-order valence-electron chi connectivity index (χ1n) is 4.64. The standard InChI is InChI=1S/C9H10ClN4/c10-14-5-2-11-6-8(14)9(12-7-14)13-3-1-4-13/h2,5-7H,1,3-4H2/q+1. The summed E-state index contributed by atoms with van der Waals surface area (Å²) in [6.07, 6.45) is 8.26. The Kier molecular flexibility index (Phi) is 1.57. The van der Waals surface area contributed by atoms with Crippen LogP contribution in [0, 0.1) is 0 Å². The van der Waals surface area contributed by atoms with E-state index in [1.165, 1.54) is 6.42 Å². The molecule has 0 radical (unpaired) electrons. The molecule has 72 valence electrons. The Balaban J connectivity index is 2.04. The Morgan fingerprint density at radius 1 is 1.43 bits per heavy atom. The van der Waals surface area contributed by atoms with Crippen molar-refractivity contribution in [3.05, 3.63) is 23.9 Å². The minimum Gasteiger partial charge on any atom is -0.351 e. The molecule has 0 aliphatic carbocycles. The van der Waals surface area contributed by atoms with E-state index in [2.05, 4.69) is 14.9 Å². The van der Waals surface area contributed by atoms with Crippen molar-refractivity contribution in [3.63, 3.8) is 0 Å². The summed E-state index contributed by atoms with van der Waals surface area (Å²) >= 11 is 6.32. The topological polar surface area (TPSA) is 28.0 Å². The maximum atomic E-state index is 6.32. The lowest BCUT2D eigenvalue weighted by atomic mass is 10.2. The molecule has 5 heteroatoms. The SMILES string of the molecule is Cl[N+]12C=CN=CC1=C(N1CCC1)N=C2. The molecule has 4 nitrogen and oxygen atoms in total. The Hall–Kier alpha value is -1.13. The number of quaternary nitrogens is 1. The average molecular weight is 210 g/mol. The predicted molar refractivity (Wildman–Crippen MR) is 55.5 cm³/mol. The van der Waals surface area contributed by atoms with Gasteiger partial charge in [0.25, 0.3) is 0 Å². The van der Waals surface area contributed by atoms with Gasteiger partial charge in [0.05, 0.1) is 12.4 Å². The van der Waals surface area contributed by atoms with E-state index in [1.54, 1.807) is 18.8 Å². The van der Waals surface area contributed by atoms with Gasteiger partial charge in [-0.3, -0.25) is 4.99 Å². The van der Waals surface area contributed by atoms with Crippen LogP contribution in [0.25, 0.3) is 0 Å². The molecule has 0 saturated carbocycles. The van der Waals surface area contributed by atoms with E-state index in [4.69, 9.17) is 11.8 Å². The zero-order chi connectivity index (χ0) is 9.60. The third kappa shape index (κ3) is 0.980. The molecule has 0 aromatic carbocycles. The Morgan fingerprint density at radius 2 is 2.29 bits per heavy atom. The second-order valence-electron chi connectivity index (χ2n) is 3.56. The molecule has 3 heterocycles. The molecule has 0 N–H and O–H groups in total. The fourth-order valence-corrected chi connectivity index (χ4v) is 1.92. The lowest BCUT2D eigenvalue weighted by Gasteiger charge is -2.32. The summed E-state index contributed by atoms with van der Waals surface area (Å²) < 4.78 is 0.134. The van der Waals surface area contributed by atoms with E-state index < -0.39 is 0 Å². The van der Waals surface area contributed by atoms with E-state index in [-0.39, 0.29) is 4.00 Å². The highest BCUT2D eigenvalue weighted by atomic mass is 35.5. The first-order valence-corrected chi connectivity index (χ1v) is 4.97. The van der Waals surface area contributed by atoms with Crippen molar-refractivity contribution in [1.82, 2.24) is 4.90 Å². The van der Waals surface area contributed by atoms with E-state index in [0.717, 1.165) is 24.6 Å². The highest BCUT2D eigenvalue weighted by Crippen LogP contribution is 2.33. The number of aliphatic imine (C=N–C) groups is 2. The Morgan fingerprint density at radius 3 is 3.00 bits per heavy atom. The van der Waals surface area contributed by atoms with Crippen molar-refractivity contribution < 1.29 is 4.00 Å². The van der Waals surface area contributed by atoms with Gasteiger partial charge in [0, 0.05) is 13.1 Å². The van der Waals surface area contributed by atoms with Gasteiger partial charge in [0.2, 0.25) is 12.0 Å². The van der Waals surface area contributed by atoms with Crippen LogP contribution < -0.4 is 0 Å². The number of fused-ring (bicyclic) bond motifs is 1. The van der Waals surface area contributed by atoms with Crippen LogP contribution in [0.15, 0.2) is 33.9 Å². The second kappa shape index (κ2) is 2.68. The molecule has 1 unspecified atom stereocenters. The van der Waals surface area contributed by atoms with Crippen molar-refractivity contribution in [2.75, 3.05) is 13.1 Å². The van der Waals surface area contributed by atoms with E-state index in [0.29, 0.717) is 0 Å². The van der Waals surface area contributed by atoms with Crippen molar-refractivity contribution in [3.8, 4) is 0 Å². The molecule has 0 spiro atoms. The number of nitrogens with zero attached hydrogens (tertiary/aromatic N) is 4. The van der Waals surface area contributed by atoms with Gasteiger partial charge in [0.15, 0.2) is 17.6 Å². The monoisotopic (exact) mass is 209 g/mol. The maximum absolute atomic E-state index is 6.32. The van der Waals surface area contributed by atoms with Gasteiger partial charge in [-0.1, -0.05) is 0 Å². The van der Waals surface area contributed by atoms with E-state index in [9.17, 15) is 0 Å². The number of allylic oxidation sites excluding steroid dienone is 1. The summed E-state index contributed by atoms with van der Waals surface area (Å²) in [7, 11) is 0. The zero-order valence-corrected chi connectivity index (χ0v) is 8.35. The number of hydrogen-bond donors (Lipinski definition) is 0. The van der Waals surface area contributed by atoms with Crippen molar-refractivity contribution >= 4 is 24.3 Å². The predicted octanol–water partition coefficient (Wildman–Crippen LogP) is 1.43. The van der Waals surface area contributed by atoms with Gasteiger partial charge >= 0.3 is 0 Å². The Labute approximate surface area is 87.2 Å². The zero-order valence-electron chi connectivity index (χ0n) is 7.60. The van der Waals surface area contributed by atoms with Gasteiger partial charge in [-0.2, -0.15) is 4.99 Å². The summed E-state index contributed by atoms with van der Waals surface area (Å²) in [5.74, 6) is 0.972. The third-order valence-electron chi connectivity index (χ3n) is 2.67. The quantitative estimate of drug-likeness (QED) is 0.601. The molecular weight excluding hydrogens is 200 g/mol. The molecule has 3 aliphatic rings. The number of likely N-dealkylation sites (tertiary alicyclic amines) is 1. The summed E-state index contributed by atoms with van der Waals surface area (Å²) in [4.78, 5) is 10.7. The van der Waals surface area contributed by atoms with Gasteiger partial charge in [-0.05, 0) is 6.42 Å². The summed E-state index contributed by atoms with van der Waals surface area (Å²) in [6.45, 7) is 2.15. The fraction of sp³-hybridized carbons (Fsp3) is 0.333. The lowest BCUT2D eigenvalue weighted by molar-refractivity contribution is -0.592. The first-order chi connectivity index (χ1) is 6.80. The third-order valence-corrected chi connectivity index (χ3v) is 3.05. The smallest absolute Gasteiger partial charge is 0.223 e. The van der Waals surface area contributed by atoms with Crippen LogP contribution in [0.4, 0.5) is 0 Å². The highest BCUT2D eigenvalue weighted by Gasteiger charge is 2.40. The molecule has 0 aromatic heterocycles. The highest BCUT2D eigenvalue weighted by molar-refractivity contribution is 6.14. The molecule has 0 aromatic rings. The van der Waals surface area contributed by atoms with Gasteiger partial charge in [-0.15, -0.1) is 4.00 Å². The number of hydrogen-bond acceptors (Lipinski definition) is 3. The first kappa shape index (κ1) is 8.20. The molecule has 14 heavy (non-hydrogen) atoms. The molecule has 0 bridgehead atoms. The van der Waals surface area contributed by atoms with Crippen LogP contribution in [0.1, 0.15) is 6.42 Å². The largest absolute Gasteiger partial charge is 0.351 e. The van der Waals surface area contributed by atoms with Crippen LogP contribution in [0.5, 0.6) is 0 Å². The van der Waals surface area contributed by atoms with Crippen molar-refractivity contribution in [2.45, 2.75) is 6.42 Å². The molecule has 1 fully saturated rings. The molecule has 3 rings (SSSR count). The molecule has 1 atom stereocenters. The van der Waals surface area contributed by atoms with Crippen LogP contribution >= 0.6 is 11.8 Å². The second-order valence-corrected chi connectivity index (χ2v) is 4.12. The summed E-state index contributed by atoms with van der Waals surface area (Å²) in [5, 5.41) is 0. The van der Waals surface area contributed by atoms with Crippen LogP contribution in [0.2, 0.25) is 0 Å². The normalized spacial score (nSPS) is 33.6. The van der Waals surface area contributed by atoms with Gasteiger partial charge in [0.1, 0.15) is 6.20 Å². The number of rotatable bonds is 1. The summed E-state index contributed by atoms with van der Waals surface area (Å²) in [6, 6.07) is 0. The molecule has 0 amide bonds. The van der Waals surface area contributed by atoms with Crippen molar-refractivity contribution in [1.29, 1.82) is 0 Å².